The lowest BCUT2D eigenvalue weighted by Gasteiger charge is -2.53. The van der Waals surface area contributed by atoms with Crippen molar-refractivity contribution in [3.05, 3.63) is 41.5 Å². The Kier molecular flexibility index (Phi) is 2.55. The van der Waals surface area contributed by atoms with E-state index in [9.17, 15) is 4.79 Å². The predicted molar refractivity (Wildman–Crippen MR) is 77.0 cm³/mol. The van der Waals surface area contributed by atoms with Gasteiger partial charge in [0.1, 0.15) is 5.75 Å². The first-order chi connectivity index (χ1) is 9.74. The monoisotopic (exact) mass is 269 g/mol. The first-order valence-electron chi connectivity index (χ1n) is 7.35. The predicted octanol–water partition coefficient (Wildman–Crippen LogP) is 2.00. The fourth-order valence-electron chi connectivity index (χ4n) is 4.56. The first kappa shape index (κ1) is 12.2. The van der Waals surface area contributed by atoms with Crippen LogP contribution in [0.4, 0.5) is 0 Å². The molecular weight excluding hydrogens is 250 g/mol. The second kappa shape index (κ2) is 4.19. The van der Waals surface area contributed by atoms with E-state index in [4.69, 9.17) is 4.74 Å². The molecule has 3 heteroatoms. The van der Waals surface area contributed by atoms with E-state index in [1.807, 2.05) is 6.07 Å². The van der Waals surface area contributed by atoms with Crippen molar-refractivity contribution in [2.75, 3.05) is 13.7 Å². The van der Waals surface area contributed by atoms with Crippen LogP contribution >= 0.6 is 0 Å². The summed E-state index contributed by atoms with van der Waals surface area (Å²) in [6.07, 6.45) is 6.58. The summed E-state index contributed by atoms with van der Waals surface area (Å²) in [5.74, 6) is 1.62. The third kappa shape index (κ3) is 1.47. The molecule has 1 N–H and O–H groups in total. The minimum atomic E-state index is -0.0536. The van der Waals surface area contributed by atoms with Crippen molar-refractivity contribution in [3.63, 3.8) is 0 Å². The van der Waals surface area contributed by atoms with Gasteiger partial charge in [-0.2, -0.15) is 0 Å². The van der Waals surface area contributed by atoms with Gasteiger partial charge in [0.05, 0.1) is 7.11 Å². The molecule has 0 spiro atoms. The number of allylic oxidation sites excluding steroid dienone is 1. The molecule has 2 aliphatic carbocycles. The van der Waals surface area contributed by atoms with Gasteiger partial charge in [-0.3, -0.25) is 4.79 Å². The van der Waals surface area contributed by atoms with Gasteiger partial charge in [0.15, 0.2) is 5.78 Å². The number of ether oxygens (including phenoxy) is 1. The Morgan fingerprint density at radius 3 is 3.15 bits per heavy atom. The van der Waals surface area contributed by atoms with Crippen LogP contribution in [0.5, 0.6) is 5.75 Å². The van der Waals surface area contributed by atoms with Gasteiger partial charge in [0.25, 0.3) is 0 Å². The molecule has 1 aromatic carbocycles. The topological polar surface area (TPSA) is 38.3 Å². The lowest BCUT2D eigenvalue weighted by molar-refractivity contribution is -0.117. The Morgan fingerprint density at radius 1 is 1.40 bits per heavy atom. The molecule has 1 aliphatic heterocycles. The van der Waals surface area contributed by atoms with Gasteiger partial charge in [-0.05, 0) is 37.1 Å². The van der Waals surface area contributed by atoms with Crippen molar-refractivity contribution >= 4 is 5.78 Å². The van der Waals surface area contributed by atoms with E-state index in [2.05, 4.69) is 23.5 Å². The van der Waals surface area contributed by atoms with Gasteiger partial charge in [0.2, 0.25) is 0 Å². The zero-order chi connectivity index (χ0) is 13.7. The largest absolute Gasteiger partial charge is 0.496 e. The SMILES string of the molecule is COc1cccc2c1[C@]13CCN[C@H](C2)[C@@H]1C=CC(=O)C3. The summed E-state index contributed by atoms with van der Waals surface area (Å²) >= 11 is 0. The first-order valence-corrected chi connectivity index (χ1v) is 7.35. The van der Waals surface area contributed by atoms with E-state index in [0.717, 1.165) is 25.1 Å². The molecule has 3 nitrogen and oxygen atoms in total. The Labute approximate surface area is 119 Å². The van der Waals surface area contributed by atoms with Gasteiger partial charge in [-0.25, -0.2) is 0 Å². The number of piperidine rings is 1. The standard InChI is InChI=1S/C17H19NO2/c1-20-15-4-2-3-11-9-14-13-6-5-12(19)10-17(13,16(11)15)7-8-18-14/h2-6,13-14,18H,7-10H2,1H3/t13-,14+,17-/m0/s1. The Balaban J connectivity index is 1.98. The maximum absolute atomic E-state index is 12.1. The molecule has 0 amide bonds. The molecule has 0 aromatic heterocycles. The maximum Gasteiger partial charge on any atom is 0.156 e. The maximum atomic E-state index is 12.1. The van der Waals surface area contributed by atoms with Crippen LogP contribution in [0.3, 0.4) is 0 Å². The molecule has 1 fully saturated rings. The number of methoxy groups -OCH3 is 1. The minimum absolute atomic E-state index is 0.0536. The lowest BCUT2D eigenvalue weighted by atomic mass is 9.54. The molecule has 1 saturated heterocycles. The number of nitrogens with one attached hydrogen (secondary N) is 1. The Morgan fingerprint density at radius 2 is 2.30 bits per heavy atom. The highest BCUT2D eigenvalue weighted by atomic mass is 16.5. The van der Waals surface area contributed by atoms with Crippen molar-refractivity contribution in [2.24, 2.45) is 5.92 Å². The highest BCUT2D eigenvalue weighted by Gasteiger charge is 2.53. The van der Waals surface area contributed by atoms with Crippen LogP contribution < -0.4 is 10.1 Å². The molecule has 3 aliphatic rings. The number of ketones is 1. The van der Waals surface area contributed by atoms with Crippen molar-refractivity contribution in [1.82, 2.24) is 5.32 Å². The molecule has 1 aromatic rings. The third-order valence-corrected chi connectivity index (χ3v) is 5.30. The molecule has 104 valence electrons. The molecule has 3 atom stereocenters. The highest BCUT2D eigenvalue weighted by molar-refractivity contribution is 5.92. The molecule has 0 saturated carbocycles. The smallest absolute Gasteiger partial charge is 0.156 e. The van der Waals surface area contributed by atoms with Gasteiger partial charge >= 0.3 is 0 Å². The van der Waals surface area contributed by atoms with E-state index in [-0.39, 0.29) is 11.2 Å². The van der Waals surface area contributed by atoms with E-state index < -0.39 is 0 Å². The third-order valence-electron chi connectivity index (χ3n) is 5.30. The fourth-order valence-corrected chi connectivity index (χ4v) is 4.56. The Hall–Kier alpha value is -1.61. The van der Waals surface area contributed by atoms with Crippen LogP contribution in [-0.4, -0.2) is 25.5 Å². The molecule has 1 heterocycles. The molecule has 4 rings (SSSR count). The average Bonchev–Trinajstić information content (AvgIpc) is 2.45. The van der Waals surface area contributed by atoms with E-state index >= 15 is 0 Å². The minimum Gasteiger partial charge on any atom is -0.496 e. The van der Waals surface area contributed by atoms with Gasteiger partial charge in [-0.15, -0.1) is 0 Å². The summed E-state index contributed by atoms with van der Waals surface area (Å²) in [5.41, 5.74) is 2.59. The molecule has 0 radical (unpaired) electrons. The molecule has 0 unspecified atom stereocenters. The summed E-state index contributed by atoms with van der Waals surface area (Å²) in [4.78, 5) is 12.1. The lowest BCUT2D eigenvalue weighted by Crippen LogP contribution is -2.59. The second-order valence-electron chi connectivity index (χ2n) is 6.19. The number of fused-ring (bicyclic) bond motifs is 1. The van der Waals surface area contributed by atoms with Gasteiger partial charge in [0, 0.05) is 29.4 Å². The van der Waals surface area contributed by atoms with E-state index in [1.54, 1.807) is 13.2 Å². The number of hydrogen-bond donors (Lipinski definition) is 1. The number of benzene rings is 1. The quantitative estimate of drug-likeness (QED) is 0.847. The van der Waals surface area contributed by atoms with Crippen molar-refractivity contribution in [3.8, 4) is 5.75 Å². The van der Waals surface area contributed by atoms with Crippen LogP contribution in [0.2, 0.25) is 0 Å². The Bertz CT molecular complexity index is 607. The molecular formula is C17H19NO2. The number of hydrogen-bond acceptors (Lipinski definition) is 3. The van der Waals surface area contributed by atoms with Crippen LogP contribution in [0.1, 0.15) is 24.0 Å². The highest BCUT2D eigenvalue weighted by Crippen LogP contribution is 2.53. The average molecular weight is 269 g/mol. The van der Waals surface area contributed by atoms with E-state index in [1.165, 1.54) is 11.1 Å². The van der Waals surface area contributed by atoms with Crippen LogP contribution in [-0.2, 0) is 16.6 Å². The van der Waals surface area contributed by atoms with Crippen molar-refractivity contribution in [1.29, 1.82) is 0 Å². The fraction of sp³-hybridized carbons (Fsp3) is 0.471. The van der Waals surface area contributed by atoms with Gasteiger partial charge < -0.3 is 10.1 Å². The van der Waals surface area contributed by atoms with Gasteiger partial charge in [-0.1, -0.05) is 18.2 Å². The summed E-state index contributed by atoms with van der Waals surface area (Å²) in [5, 5.41) is 3.63. The summed E-state index contributed by atoms with van der Waals surface area (Å²) in [6, 6.07) is 6.74. The number of carbonyl (C=O) groups excluding carboxylic acids is 1. The zero-order valence-corrected chi connectivity index (χ0v) is 11.7. The summed E-state index contributed by atoms with van der Waals surface area (Å²) < 4.78 is 5.63. The van der Waals surface area contributed by atoms with Crippen LogP contribution in [0.15, 0.2) is 30.4 Å². The summed E-state index contributed by atoms with van der Waals surface area (Å²) in [6.45, 7) is 0.986. The summed E-state index contributed by atoms with van der Waals surface area (Å²) in [7, 11) is 1.73. The molecule has 2 bridgehead atoms. The second-order valence-corrected chi connectivity index (χ2v) is 6.19. The van der Waals surface area contributed by atoms with Crippen LogP contribution in [0.25, 0.3) is 0 Å². The van der Waals surface area contributed by atoms with Crippen LogP contribution in [0, 0.1) is 5.92 Å². The number of carbonyl (C=O) groups is 1. The zero-order valence-electron chi connectivity index (χ0n) is 11.7. The van der Waals surface area contributed by atoms with Crippen molar-refractivity contribution < 1.29 is 9.53 Å². The van der Waals surface area contributed by atoms with E-state index in [0.29, 0.717) is 18.4 Å². The number of rotatable bonds is 1. The van der Waals surface area contributed by atoms with Crippen molar-refractivity contribution in [2.45, 2.75) is 30.7 Å². The molecule has 20 heavy (non-hydrogen) atoms. The normalized spacial score (nSPS) is 34.4.